The second kappa shape index (κ2) is 10.4. The molecule has 164 valence electrons. The zero-order chi connectivity index (χ0) is 22.3. The molecule has 0 spiro atoms. The van der Waals surface area contributed by atoms with Crippen LogP contribution in [0.5, 0.6) is 0 Å². The first kappa shape index (κ1) is 22.8. The highest BCUT2D eigenvalue weighted by Gasteiger charge is 2.40. The lowest BCUT2D eigenvalue weighted by Crippen LogP contribution is -2.59. The fourth-order valence-corrected chi connectivity index (χ4v) is 5.05. The van der Waals surface area contributed by atoms with E-state index in [-0.39, 0.29) is 0 Å². The van der Waals surface area contributed by atoms with Crippen molar-refractivity contribution in [2.45, 2.75) is 31.8 Å². The molecule has 0 aliphatic carbocycles. The van der Waals surface area contributed by atoms with Crippen molar-refractivity contribution in [3.63, 3.8) is 0 Å². The summed E-state index contributed by atoms with van der Waals surface area (Å²) in [6.45, 7) is 2.51. The Morgan fingerprint density at radius 3 is 2.55 bits per heavy atom. The third-order valence-corrected chi connectivity index (χ3v) is 6.83. The summed E-state index contributed by atoms with van der Waals surface area (Å²) in [6.07, 6.45) is 3.32. The number of amides is 1. The van der Waals surface area contributed by atoms with E-state index in [0.29, 0.717) is 30.9 Å². The molecule has 1 aliphatic rings. The quantitative estimate of drug-likeness (QED) is 0.244. The number of carbonyl (C=O) groups excluding carboxylic acids is 1. The highest BCUT2D eigenvalue weighted by Crippen LogP contribution is 2.27. The van der Waals surface area contributed by atoms with Crippen molar-refractivity contribution in [3.8, 4) is 11.1 Å². The molecule has 31 heavy (non-hydrogen) atoms. The number of hydrogen-bond acceptors (Lipinski definition) is 7. The Balaban J connectivity index is 1.70. The minimum absolute atomic E-state index is 0.424. The molecule has 0 saturated carbocycles. The minimum atomic E-state index is -0.909. The van der Waals surface area contributed by atoms with Crippen LogP contribution in [0.4, 0.5) is 5.69 Å². The van der Waals surface area contributed by atoms with Gasteiger partial charge in [-0.3, -0.25) is 25.0 Å². The van der Waals surface area contributed by atoms with Gasteiger partial charge in [-0.05, 0) is 54.2 Å². The standard InChI is InChI=1S/C22H27N5O3S/c1-16-14-17(15-24-22(21(28)27-29)8-12-31(30)13-9-22)2-7-20(16)18-3-5-19(6-4-18)26-25-11-10-23/h2-7,10-11,14,23-24,26,29H,8-9,12-13,15H2,1H3,(H,27,28)/b23-10?,25-11-. The number of rotatable bonds is 8. The second-order valence-electron chi connectivity index (χ2n) is 7.51. The Morgan fingerprint density at radius 1 is 1.23 bits per heavy atom. The molecule has 0 atom stereocenters. The van der Waals surface area contributed by atoms with E-state index < -0.39 is 22.2 Å². The number of anilines is 1. The van der Waals surface area contributed by atoms with Crippen LogP contribution in [0.1, 0.15) is 24.0 Å². The summed E-state index contributed by atoms with van der Waals surface area (Å²) in [4.78, 5) is 12.3. The molecule has 9 heteroatoms. The maximum absolute atomic E-state index is 12.3. The van der Waals surface area contributed by atoms with Crippen molar-refractivity contribution < 1.29 is 14.2 Å². The van der Waals surface area contributed by atoms with Gasteiger partial charge in [0.25, 0.3) is 5.91 Å². The fraction of sp³-hybridized carbons (Fsp3) is 0.318. The summed E-state index contributed by atoms with van der Waals surface area (Å²) in [5.41, 5.74) is 8.86. The summed E-state index contributed by atoms with van der Waals surface area (Å²) in [6, 6.07) is 14.0. The average molecular weight is 442 g/mol. The van der Waals surface area contributed by atoms with E-state index in [1.807, 2.05) is 37.3 Å². The number of carbonyl (C=O) groups is 1. The van der Waals surface area contributed by atoms with Crippen LogP contribution in [0.15, 0.2) is 47.6 Å². The van der Waals surface area contributed by atoms with E-state index in [4.69, 9.17) is 10.6 Å². The van der Waals surface area contributed by atoms with Gasteiger partial charge in [-0.2, -0.15) is 5.10 Å². The molecule has 5 N–H and O–H groups in total. The van der Waals surface area contributed by atoms with Gasteiger partial charge < -0.3 is 5.41 Å². The van der Waals surface area contributed by atoms with Gasteiger partial charge in [0, 0.05) is 35.1 Å². The number of hydrazone groups is 1. The largest absolute Gasteiger partial charge is 0.307 e. The predicted molar refractivity (Wildman–Crippen MR) is 124 cm³/mol. The van der Waals surface area contributed by atoms with Crippen LogP contribution in [0, 0.1) is 12.3 Å². The molecule has 1 saturated heterocycles. The summed E-state index contributed by atoms with van der Waals surface area (Å²) in [5.74, 6) is 0.405. The van der Waals surface area contributed by atoms with E-state index >= 15 is 0 Å². The predicted octanol–water partition coefficient (Wildman–Crippen LogP) is 2.59. The topological polar surface area (TPSA) is 127 Å². The molecule has 2 aromatic carbocycles. The molecule has 8 nitrogen and oxygen atoms in total. The summed E-state index contributed by atoms with van der Waals surface area (Å²) >= 11 is 0. The van der Waals surface area contributed by atoms with Gasteiger partial charge in [0.15, 0.2) is 0 Å². The van der Waals surface area contributed by atoms with Gasteiger partial charge in [0.1, 0.15) is 5.54 Å². The second-order valence-corrected chi connectivity index (χ2v) is 9.20. The maximum atomic E-state index is 12.3. The molecule has 0 aromatic heterocycles. The smallest absolute Gasteiger partial charge is 0.263 e. The summed E-state index contributed by atoms with van der Waals surface area (Å²) in [7, 11) is -0.909. The third-order valence-electron chi connectivity index (χ3n) is 5.51. The van der Waals surface area contributed by atoms with Gasteiger partial charge >= 0.3 is 0 Å². The Labute approximate surface area is 184 Å². The van der Waals surface area contributed by atoms with Crippen LogP contribution in [0.25, 0.3) is 11.1 Å². The van der Waals surface area contributed by atoms with E-state index in [9.17, 15) is 9.00 Å². The number of hydrogen-bond donors (Lipinski definition) is 5. The minimum Gasteiger partial charge on any atom is -0.307 e. The molecule has 2 aromatic rings. The summed E-state index contributed by atoms with van der Waals surface area (Å²) < 4.78 is 11.7. The van der Waals surface area contributed by atoms with E-state index in [2.05, 4.69) is 28.0 Å². The molecular weight excluding hydrogens is 414 g/mol. The first-order chi connectivity index (χ1) is 15.0. The number of benzene rings is 2. The zero-order valence-electron chi connectivity index (χ0n) is 17.4. The average Bonchev–Trinajstić information content (AvgIpc) is 2.79. The number of aryl methyl sites for hydroxylation is 1. The fourth-order valence-electron chi connectivity index (χ4n) is 3.70. The van der Waals surface area contributed by atoms with Crippen LogP contribution in [0.3, 0.4) is 0 Å². The first-order valence-corrected chi connectivity index (χ1v) is 11.5. The van der Waals surface area contributed by atoms with Crippen molar-refractivity contribution in [3.05, 3.63) is 53.6 Å². The molecule has 1 heterocycles. The molecule has 1 amide bonds. The molecule has 1 fully saturated rings. The number of hydroxylamine groups is 1. The van der Waals surface area contributed by atoms with E-state index in [1.165, 1.54) is 6.21 Å². The molecule has 1 aliphatic heterocycles. The van der Waals surface area contributed by atoms with Crippen LogP contribution in [-0.2, 0) is 22.1 Å². The van der Waals surface area contributed by atoms with Crippen LogP contribution < -0.4 is 16.2 Å². The van der Waals surface area contributed by atoms with Gasteiger partial charge in [0.2, 0.25) is 0 Å². The number of nitrogens with zero attached hydrogens (tertiary/aromatic N) is 1. The molecule has 0 bridgehead atoms. The number of nitrogens with one attached hydrogen (secondary N) is 4. The van der Waals surface area contributed by atoms with Crippen molar-refractivity contribution in [2.24, 2.45) is 5.10 Å². The highest BCUT2D eigenvalue weighted by molar-refractivity contribution is 7.85. The van der Waals surface area contributed by atoms with Gasteiger partial charge in [-0.25, -0.2) is 5.48 Å². The Bertz CT molecular complexity index is 981. The lowest BCUT2D eigenvalue weighted by molar-refractivity contribution is -0.136. The van der Waals surface area contributed by atoms with Crippen LogP contribution in [-0.4, -0.2) is 44.8 Å². The van der Waals surface area contributed by atoms with Gasteiger partial charge in [0.05, 0.1) is 11.9 Å². The van der Waals surface area contributed by atoms with Gasteiger partial charge in [-0.1, -0.05) is 30.3 Å². The van der Waals surface area contributed by atoms with Crippen LogP contribution >= 0.6 is 0 Å². The molecule has 0 unspecified atom stereocenters. The first-order valence-electron chi connectivity index (χ1n) is 10.00. The van der Waals surface area contributed by atoms with Crippen molar-refractivity contribution in [1.82, 2.24) is 10.8 Å². The van der Waals surface area contributed by atoms with Crippen LogP contribution in [0.2, 0.25) is 0 Å². The zero-order valence-corrected chi connectivity index (χ0v) is 18.2. The monoisotopic (exact) mass is 441 g/mol. The third kappa shape index (κ3) is 5.63. The van der Waals surface area contributed by atoms with E-state index in [0.717, 1.165) is 34.2 Å². The molecule has 0 radical (unpaired) electrons. The lowest BCUT2D eigenvalue weighted by Gasteiger charge is -2.35. The summed E-state index contributed by atoms with van der Waals surface area (Å²) in [5, 5.41) is 23.3. The Hall–Kier alpha value is -2.88. The van der Waals surface area contributed by atoms with Crippen molar-refractivity contribution in [1.29, 1.82) is 5.41 Å². The molecule has 3 rings (SSSR count). The SMILES string of the molecule is Cc1cc(CNC2(C(=O)NO)CCS(=O)CC2)ccc1-c1ccc(N/N=C\C=N)cc1. The van der Waals surface area contributed by atoms with Crippen molar-refractivity contribution in [2.75, 3.05) is 16.9 Å². The Morgan fingerprint density at radius 2 is 1.94 bits per heavy atom. The normalized spacial score (nSPS) is 21.0. The maximum Gasteiger partial charge on any atom is 0.263 e. The lowest BCUT2D eigenvalue weighted by atomic mass is 9.90. The Kier molecular flexibility index (Phi) is 7.67. The van der Waals surface area contributed by atoms with Crippen molar-refractivity contribution >= 4 is 34.8 Å². The van der Waals surface area contributed by atoms with Gasteiger partial charge in [-0.15, -0.1) is 0 Å². The highest BCUT2D eigenvalue weighted by atomic mass is 32.2. The van der Waals surface area contributed by atoms with E-state index in [1.54, 1.807) is 5.48 Å². The molecular formula is C22H27N5O3S.